The monoisotopic (exact) mass is 350 g/mol. The molecule has 0 unspecified atom stereocenters. The van der Waals surface area contributed by atoms with Gasteiger partial charge in [-0.2, -0.15) is 0 Å². The number of ether oxygens (including phenoxy) is 1. The van der Waals surface area contributed by atoms with Gasteiger partial charge in [0.05, 0.1) is 6.04 Å². The summed E-state index contributed by atoms with van der Waals surface area (Å²) in [5.74, 6) is -0.210. The Kier molecular flexibility index (Phi) is 5.69. The number of hydrogen-bond acceptors (Lipinski definition) is 3. The van der Waals surface area contributed by atoms with Crippen LogP contribution < -0.4 is 5.32 Å². The van der Waals surface area contributed by atoms with Gasteiger partial charge in [-0.25, -0.2) is 4.79 Å². The molecule has 26 heavy (non-hydrogen) atoms. The van der Waals surface area contributed by atoms with E-state index in [-0.39, 0.29) is 11.9 Å². The molecule has 0 saturated heterocycles. The van der Waals surface area contributed by atoms with Gasteiger partial charge in [0.15, 0.2) is 6.10 Å². The minimum atomic E-state index is -0.819. The van der Waals surface area contributed by atoms with Gasteiger partial charge in [0.1, 0.15) is 0 Å². The van der Waals surface area contributed by atoms with Crippen LogP contribution in [0.15, 0.2) is 72.8 Å². The summed E-state index contributed by atoms with van der Waals surface area (Å²) in [5, 5.41) is 2.69. The van der Waals surface area contributed by atoms with E-state index in [1.54, 1.807) is 11.9 Å². The number of alkyl carbamates (subject to hydrolysis) is 1. The van der Waals surface area contributed by atoms with Gasteiger partial charge in [0.2, 0.25) is 0 Å². The molecule has 1 aliphatic heterocycles. The quantitative estimate of drug-likeness (QED) is 0.860. The number of likely N-dealkylation sites (N-methyl/N-ethyl adjacent to an activating group) is 1. The molecule has 2 aromatic rings. The smallest absolute Gasteiger partial charge is 0.408 e. The SMILES string of the molecule is CN1C(=O)[C@@H](OC(=O)NCc2ccccc2)CC=C[C@H]1c1ccccc1. The van der Waals surface area contributed by atoms with Gasteiger partial charge in [-0.05, 0) is 11.1 Å². The molecule has 0 fully saturated rings. The van der Waals surface area contributed by atoms with Gasteiger partial charge >= 0.3 is 6.09 Å². The van der Waals surface area contributed by atoms with Gasteiger partial charge in [-0.15, -0.1) is 0 Å². The third-order valence-corrected chi connectivity index (χ3v) is 4.38. The fourth-order valence-electron chi connectivity index (χ4n) is 2.95. The van der Waals surface area contributed by atoms with Crippen LogP contribution in [0.5, 0.6) is 0 Å². The standard InChI is InChI=1S/C21H22N2O3/c1-23-18(17-11-6-3-7-12-17)13-8-14-19(20(23)24)26-21(25)22-15-16-9-4-2-5-10-16/h2-13,18-19H,14-15H2,1H3,(H,22,25)/t18-,19-/m0/s1. The fraction of sp³-hybridized carbons (Fsp3) is 0.238. The van der Waals surface area contributed by atoms with E-state index in [1.807, 2.05) is 72.8 Å². The molecule has 2 aromatic carbocycles. The number of carbonyl (C=O) groups excluding carboxylic acids is 2. The number of nitrogens with zero attached hydrogens (tertiary/aromatic N) is 1. The van der Waals surface area contributed by atoms with E-state index in [0.717, 1.165) is 11.1 Å². The second kappa shape index (κ2) is 8.34. The highest BCUT2D eigenvalue weighted by atomic mass is 16.6. The van der Waals surface area contributed by atoms with Crippen LogP contribution in [-0.4, -0.2) is 30.1 Å². The second-order valence-corrected chi connectivity index (χ2v) is 6.20. The van der Waals surface area contributed by atoms with Crippen LogP contribution in [0.25, 0.3) is 0 Å². The van der Waals surface area contributed by atoms with Gasteiger partial charge in [-0.1, -0.05) is 72.8 Å². The first-order valence-electron chi connectivity index (χ1n) is 8.62. The zero-order valence-electron chi connectivity index (χ0n) is 14.7. The summed E-state index contributed by atoms with van der Waals surface area (Å²) in [6.07, 6.45) is 2.82. The number of nitrogens with one attached hydrogen (secondary N) is 1. The fourth-order valence-corrected chi connectivity index (χ4v) is 2.95. The first-order valence-corrected chi connectivity index (χ1v) is 8.62. The summed E-state index contributed by atoms with van der Waals surface area (Å²) in [7, 11) is 1.73. The Bertz CT molecular complexity index is 774. The highest BCUT2D eigenvalue weighted by molar-refractivity contribution is 5.84. The van der Waals surface area contributed by atoms with Crippen molar-refractivity contribution >= 4 is 12.0 Å². The van der Waals surface area contributed by atoms with Gasteiger partial charge in [0, 0.05) is 20.0 Å². The van der Waals surface area contributed by atoms with Crippen molar-refractivity contribution in [3.63, 3.8) is 0 Å². The maximum absolute atomic E-state index is 12.7. The maximum atomic E-state index is 12.7. The minimum Gasteiger partial charge on any atom is -0.436 e. The lowest BCUT2D eigenvalue weighted by Crippen LogP contribution is -2.41. The van der Waals surface area contributed by atoms with E-state index in [4.69, 9.17) is 4.74 Å². The van der Waals surface area contributed by atoms with E-state index in [0.29, 0.717) is 13.0 Å². The summed E-state index contributed by atoms with van der Waals surface area (Å²) >= 11 is 0. The Morgan fingerprint density at radius 3 is 2.46 bits per heavy atom. The lowest BCUT2D eigenvalue weighted by molar-refractivity contribution is -0.139. The largest absolute Gasteiger partial charge is 0.436 e. The number of amides is 2. The van der Waals surface area contributed by atoms with Crippen LogP contribution in [-0.2, 0) is 16.1 Å². The first-order chi connectivity index (χ1) is 12.6. The Hall–Kier alpha value is -3.08. The molecular weight excluding hydrogens is 328 g/mol. The highest BCUT2D eigenvalue weighted by Crippen LogP contribution is 2.25. The average molecular weight is 350 g/mol. The molecule has 2 atom stereocenters. The molecule has 0 radical (unpaired) electrons. The highest BCUT2D eigenvalue weighted by Gasteiger charge is 2.31. The van der Waals surface area contributed by atoms with E-state index in [9.17, 15) is 9.59 Å². The van der Waals surface area contributed by atoms with Crippen molar-refractivity contribution < 1.29 is 14.3 Å². The van der Waals surface area contributed by atoms with Crippen LogP contribution in [0.1, 0.15) is 23.6 Å². The van der Waals surface area contributed by atoms with Gasteiger partial charge in [-0.3, -0.25) is 4.79 Å². The van der Waals surface area contributed by atoms with E-state index >= 15 is 0 Å². The molecule has 1 N–H and O–H groups in total. The van der Waals surface area contributed by atoms with E-state index in [1.165, 1.54) is 0 Å². The third-order valence-electron chi connectivity index (χ3n) is 4.38. The summed E-state index contributed by atoms with van der Waals surface area (Å²) < 4.78 is 5.37. The van der Waals surface area contributed by atoms with Crippen molar-refractivity contribution in [2.45, 2.75) is 25.1 Å². The third kappa shape index (κ3) is 4.30. The predicted molar refractivity (Wildman–Crippen MR) is 99.3 cm³/mol. The van der Waals surface area contributed by atoms with Crippen molar-refractivity contribution in [3.8, 4) is 0 Å². The molecule has 134 valence electrons. The van der Waals surface area contributed by atoms with Crippen LogP contribution in [0.2, 0.25) is 0 Å². The van der Waals surface area contributed by atoms with Crippen molar-refractivity contribution in [2.24, 2.45) is 0 Å². The summed E-state index contributed by atoms with van der Waals surface area (Å²) in [4.78, 5) is 26.4. The number of hydrogen-bond donors (Lipinski definition) is 1. The number of rotatable bonds is 4. The van der Waals surface area contributed by atoms with Crippen molar-refractivity contribution in [2.75, 3.05) is 7.05 Å². The lowest BCUT2D eigenvalue weighted by atomic mass is 10.1. The zero-order valence-corrected chi connectivity index (χ0v) is 14.7. The number of benzene rings is 2. The minimum absolute atomic E-state index is 0.162. The molecule has 2 amide bonds. The van der Waals surface area contributed by atoms with E-state index < -0.39 is 12.2 Å². The van der Waals surface area contributed by atoms with Crippen molar-refractivity contribution in [1.82, 2.24) is 10.2 Å². The molecule has 0 saturated carbocycles. The molecule has 1 aliphatic rings. The number of carbonyl (C=O) groups is 2. The first kappa shape index (κ1) is 17.7. The Morgan fingerprint density at radius 1 is 1.12 bits per heavy atom. The Morgan fingerprint density at radius 2 is 1.77 bits per heavy atom. The molecule has 5 heteroatoms. The summed E-state index contributed by atoms with van der Waals surface area (Å²) in [6, 6.07) is 19.2. The Balaban J connectivity index is 1.60. The molecule has 0 spiro atoms. The van der Waals surface area contributed by atoms with Gasteiger partial charge < -0.3 is 15.0 Å². The molecule has 0 bridgehead atoms. The molecule has 1 heterocycles. The molecule has 5 nitrogen and oxygen atoms in total. The van der Waals surface area contributed by atoms with Crippen LogP contribution in [0, 0.1) is 0 Å². The van der Waals surface area contributed by atoms with Crippen LogP contribution in [0.4, 0.5) is 4.79 Å². The molecule has 0 aliphatic carbocycles. The maximum Gasteiger partial charge on any atom is 0.408 e. The molecular formula is C21H22N2O3. The van der Waals surface area contributed by atoms with Crippen LogP contribution >= 0.6 is 0 Å². The average Bonchev–Trinajstić information content (AvgIpc) is 2.81. The Labute approximate surface area is 153 Å². The summed E-state index contributed by atoms with van der Waals surface area (Å²) in [6.45, 7) is 0.360. The molecule has 3 rings (SSSR count). The normalized spacial score (nSPS) is 19.7. The lowest BCUT2D eigenvalue weighted by Gasteiger charge is -2.27. The van der Waals surface area contributed by atoms with E-state index in [2.05, 4.69) is 5.32 Å². The predicted octanol–water partition coefficient (Wildman–Crippen LogP) is 3.44. The zero-order chi connectivity index (χ0) is 18.4. The van der Waals surface area contributed by atoms with Crippen molar-refractivity contribution in [1.29, 1.82) is 0 Å². The molecule has 0 aromatic heterocycles. The van der Waals surface area contributed by atoms with Crippen molar-refractivity contribution in [3.05, 3.63) is 83.9 Å². The second-order valence-electron chi connectivity index (χ2n) is 6.20. The van der Waals surface area contributed by atoms with Gasteiger partial charge in [0.25, 0.3) is 5.91 Å². The topological polar surface area (TPSA) is 58.6 Å². The summed E-state index contributed by atoms with van der Waals surface area (Å²) in [5.41, 5.74) is 1.99. The van der Waals surface area contributed by atoms with Crippen LogP contribution in [0.3, 0.4) is 0 Å².